The van der Waals surface area contributed by atoms with Crippen LogP contribution in [0.25, 0.3) is 0 Å². The first kappa shape index (κ1) is 18.4. The Balaban J connectivity index is 2.14. The van der Waals surface area contributed by atoms with Crippen molar-refractivity contribution in [1.29, 1.82) is 0 Å². The number of nitrogens with one attached hydrogen (secondary N) is 1. The molecular formula is C16H16F3NO3S. The third-order valence-corrected chi connectivity index (χ3v) is 4.91. The second-order valence-corrected chi connectivity index (χ2v) is 7.25. The summed E-state index contributed by atoms with van der Waals surface area (Å²) in [6.07, 6.45) is -4.54. The molecule has 0 amide bonds. The van der Waals surface area contributed by atoms with Crippen LogP contribution in [0.4, 0.5) is 13.2 Å². The highest BCUT2D eigenvalue weighted by Gasteiger charge is 2.31. The maximum atomic E-state index is 12.5. The fraction of sp³-hybridized carbons (Fsp3) is 0.250. The lowest BCUT2D eigenvalue weighted by Gasteiger charge is -2.24. The van der Waals surface area contributed by atoms with Gasteiger partial charge in [-0.2, -0.15) is 13.2 Å². The van der Waals surface area contributed by atoms with E-state index in [-0.39, 0.29) is 11.4 Å². The Morgan fingerprint density at radius 1 is 0.958 bits per heavy atom. The molecule has 0 aromatic heterocycles. The maximum Gasteiger partial charge on any atom is 0.416 e. The highest BCUT2D eigenvalue weighted by Crippen LogP contribution is 2.29. The SMILES string of the molecule is C[C@@](O)(CNS(=O)(=O)c1ccc(C(F)(F)F)cc1)c1ccccc1. The molecule has 0 unspecified atom stereocenters. The van der Waals surface area contributed by atoms with Crippen molar-refractivity contribution in [3.8, 4) is 0 Å². The molecule has 24 heavy (non-hydrogen) atoms. The fourth-order valence-electron chi connectivity index (χ4n) is 2.04. The number of benzene rings is 2. The predicted octanol–water partition coefficient (Wildman–Crippen LogP) is 2.89. The molecule has 0 spiro atoms. The van der Waals surface area contributed by atoms with E-state index in [1.807, 2.05) is 0 Å². The molecular weight excluding hydrogens is 343 g/mol. The molecule has 0 heterocycles. The normalized spacial score (nSPS) is 15.0. The Labute approximate surface area is 138 Å². The molecule has 130 valence electrons. The zero-order valence-electron chi connectivity index (χ0n) is 12.7. The molecule has 0 fully saturated rings. The van der Waals surface area contributed by atoms with Gasteiger partial charge in [0, 0.05) is 6.54 Å². The Kier molecular flexibility index (Phi) is 5.03. The van der Waals surface area contributed by atoms with E-state index in [1.54, 1.807) is 30.3 Å². The van der Waals surface area contributed by atoms with Gasteiger partial charge in [0.25, 0.3) is 0 Å². The van der Waals surface area contributed by atoms with Crippen molar-refractivity contribution in [3.05, 3.63) is 65.7 Å². The first-order valence-corrected chi connectivity index (χ1v) is 8.45. The number of hydrogen-bond donors (Lipinski definition) is 2. The smallest absolute Gasteiger partial charge is 0.384 e. The molecule has 0 aliphatic carbocycles. The average molecular weight is 359 g/mol. The first-order valence-electron chi connectivity index (χ1n) is 6.97. The van der Waals surface area contributed by atoms with E-state index in [0.29, 0.717) is 17.7 Å². The summed E-state index contributed by atoms with van der Waals surface area (Å²) in [5.74, 6) is 0. The van der Waals surface area contributed by atoms with Gasteiger partial charge >= 0.3 is 6.18 Å². The quantitative estimate of drug-likeness (QED) is 0.863. The third-order valence-electron chi connectivity index (χ3n) is 3.49. The van der Waals surface area contributed by atoms with Gasteiger partial charge in [-0.15, -0.1) is 0 Å². The molecule has 0 aliphatic rings. The van der Waals surface area contributed by atoms with Crippen LogP contribution in [0.3, 0.4) is 0 Å². The second-order valence-electron chi connectivity index (χ2n) is 5.49. The summed E-state index contributed by atoms with van der Waals surface area (Å²) in [5.41, 5.74) is -1.88. The van der Waals surface area contributed by atoms with Gasteiger partial charge in [0.15, 0.2) is 0 Å². The van der Waals surface area contributed by atoms with Gasteiger partial charge in [-0.25, -0.2) is 13.1 Å². The van der Waals surface area contributed by atoms with Crippen LogP contribution < -0.4 is 4.72 Å². The molecule has 8 heteroatoms. The molecule has 2 aromatic carbocycles. The molecule has 0 aliphatic heterocycles. The van der Waals surface area contributed by atoms with Crippen LogP contribution in [0.15, 0.2) is 59.5 Å². The standard InChI is InChI=1S/C16H16F3NO3S/c1-15(21,12-5-3-2-4-6-12)11-20-24(22,23)14-9-7-13(8-10-14)16(17,18)19/h2-10,20-21H,11H2,1H3/t15-/m1/s1. The van der Waals surface area contributed by atoms with Gasteiger partial charge in [-0.05, 0) is 36.8 Å². The van der Waals surface area contributed by atoms with Crippen LogP contribution in [0, 0.1) is 0 Å². The molecule has 0 saturated heterocycles. The Morgan fingerprint density at radius 3 is 2.00 bits per heavy atom. The molecule has 0 bridgehead atoms. The fourth-order valence-corrected chi connectivity index (χ4v) is 3.17. The van der Waals surface area contributed by atoms with E-state index < -0.39 is 27.4 Å². The number of aliphatic hydroxyl groups is 1. The topological polar surface area (TPSA) is 66.4 Å². The number of rotatable bonds is 5. The average Bonchev–Trinajstić information content (AvgIpc) is 2.53. The second kappa shape index (κ2) is 6.54. The van der Waals surface area contributed by atoms with Gasteiger partial charge in [-0.3, -0.25) is 0 Å². The molecule has 2 N–H and O–H groups in total. The zero-order valence-corrected chi connectivity index (χ0v) is 13.5. The van der Waals surface area contributed by atoms with E-state index in [4.69, 9.17) is 0 Å². The van der Waals surface area contributed by atoms with Crippen LogP contribution >= 0.6 is 0 Å². The van der Waals surface area contributed by atoms with E-state index in [9.17, 15) is 26.7 Å². The first-order chi connectivity index (χ1) is 11.0. The van der Waals surface area contributed by atoms with E-state index in [0.717, 1.165) is 12.1 Å². The zero-order chi connectivity index (χ0) is 18.0. The maximum absolute atomic E-state index is 12.5. The summed E-state index contributed by atoms with van der Waals surface area (Å²) in [6, 6.07) is 11.6. The van der Waals surface area contributed by atoms with Crippen molar-refractivity contribution in [1.82, 2.24) is 4.72 Å². The monoisotopic (exact) mass is 359 g/mol. The van der Waals surface area contributed by atoms with Gasteiger partial charge in [0.05, 0.1) is 10.5 Å². The molecule has 2 rings (SSSR count). The van der Waals surface area contributed by atoms with Crippen molar-refractivity contribution < 1.29 is 26.7 Å². The van der Waals surface area contributed by atoms with Crippen LogP contribution in [0.5, 0.6) is 0 Å². The summed E-state index contributed by atoms with van der Waals surface area (Å²) >= 11 is 0. The highest BCUT2D eigenvalue weighted by atomic mass is 32.2. The lowest BCUT2D eigenvalue weighted by molar-refractivity contribution is -0.137. The van der Waals surface area contributed by atoms with Crippen molar-refractivity contribution >= 4 is 10.0 Å². The molecule has 2 aromatic rings. The molecule has 4 nitrogen and oxygen atoms in total. The third kappa shape index (κ3) is 4.34. The predicted molar refractivity (Wildman–Crippen MR) is 82.6 cm³/mol. The largest absolute Gasteiger partial charge is 0.416 e. The van der Waals surface area contributed by atoms with Crippen molar-refractivity contribution in [2.24, 2.45) is 0 Å². The minimum Gasteiger partial charge on any atom is -0.384 e. The van der Waals surface area contributed by atoms with Crippen molar-refractivity contribution in [3.63, 3.8) is 0 Å². The molecule has 1 atom stereocenters. The van der Waals surface area contributed by atoms with Gasteiger partial charge in [0.2, 0.25) is 10.0 Å². The van der Waals surface area contributed by atoms with Gasteiger partial charge < -0.3 is 5.11 Å². The lowest BCUT2D eigenvalue weighted by Crippen LogP contribution is -2.38. The Bertz CT molecular complexity index is 786. The molecule has 0 radical (unpaired) electrons. The van der Waals surface area contributed by atoms with Crippen LogP contribution in [-0.4, -0.2) is 20.1 Å². The van der Waals surface area contributed by atoms with Crippen LogP contribution in [0.2, 0.25) is 0 Å². The number of sulfonamides is 1. The Hall–Kier alpha value is -1.90. The number of halogens is 3. The summed E-state index contributed by atoms with van der Waals surface area (Å²) in [6.45, 7) is 1.12. The minimum absolute atomic E-state index is 0.306. The highest BCUT2D eigenvalue weighted by molar-refractivity contribution is 7.89. The van der Waals surface area contributed by atoms with E-state index in [1.165, 1.54) is 6.92 Å². The van der Waals surface area contributed by atoms with E-state index in [2.05, 4.69) is 4.72 Å². The number of alkyl halides is 3. The lowest BCUT2D eigenvalue weighted by atomic mass is 9.97. The van der Waals surface area contributed by atoms with Crippen molar-refractivity contribution in [2.45, 2.75) is 23.6 Å². The molecule has 0 saturated carbocycles. The van der Waals surface area contributed by atoms with Gasteiger partial charge in [0.1, 0.15) is 5.60 Å². The number of hydrogen-bond acceptors (Lipinski definition) is 3. The van der Waals surface area contributed by atoms with Crippen LogP contribution in [0.1, 0.15) is 18.1 Å². The summed E-state index contributed by atoms with van der Waals surface area (Å²) in [5, 5.41) is 10.4. The summed E-state index contributed by atoms with van der Waals surface area (Å²) in [4.78, 5) is -0.306. The summed E-state index contributed by atoms with van der Waals surface area (Å²) < 4.78 is 64.1. The minimum atomic E-state index is -4.54. The van der Waals surface area contributed by atoms with Crippen molar-refractivity contribution in [2.75, 3.05) is 6.54 Å². The summed E-state index contributed by atoms with van der Waals surface area (Å²) in [7, 11) is -4.04. The van der Waals surface area contributed by atoms with Gasteiger partial charge in [-0.1, -0.05) is 30.3 Å². The van der Waals surface area contributed by atoms with E-state index >= 15 is 0 Å². The Morgan fingerprint density at radius 2 is 1.50 bits per heavy atom. The van der Waals surface area contributed by atoms with Crippen LogP contribution in [-0.2, 0) is 21.8 Å².